The lowest BCUT2D eigenvalue weighted by molar-refractivity contribution is 0.112. The first-order valence-electron chi connectivity index (χ1n) is 5.90. The minimum Gasteiger partial charge on any atom is -0.357 e. The molecule has 0 spiro atoms. The first kappa shape index (κ1) is 12.7. The van der Waals surface area contributed by atoms with Crippen molar-refractivity contribution in [1.82, 2.24) is 4.98 Å². The van der Waals surface area contributed by atoms with Crippen molar-refractivity contribution in [3.8, 4) is 0 Å². The van der Waals surface area contributed by atoms with Crippen molar-refractivity contribution in [3.63, 3.8) is 0 Å². The number of hydrogen-bond donors (Lipinski definition) is 0. The Hall–Kier alpha value is -1.38. The highest BCUT2D eigenvalue weighted by Gasteiger charge is 2.07. The minimum absolute atomic E-state index is 0.677. The number of carbonyl (C=O) groups is 1. The van der Waals surface area contributed by atoms with Gasteiger partial charge in [0.05, 0.1) is 5.69 Å². The monoisotopic (exact) mass is 220 g/mol. The van der Waals surface area contributed by atoms with Gasteiger partial charge in [-0.1, -0.05) is 13.8 Å². The summed E-state index contributed by atoms with van der Waals surface area (Å²) < 4.78 is 0. The summed E-state index contributed by atoms with van der Waals surface area (Å²) in [7, 11) is 0. The van der Waals surface area contributed by atoms with E-state index in [2.05, 4.69) is 23.7 Å². The highest BCUT2D eigenvalue weighted by molar-refractivity contribution is 5.76. The molecule has 0 bridgehead atoms. The molecule has 0 aliphatic heterocycles. The zero-order valence-corrected chi connectivity index (χ0v) is 10.4. The summed E-state index contributed by atoms with van der Waals surface area (Å²) in [5.74, 6) is 0.979. The Morgan fingerprint density at radius 1 is 1.25 bits per heavy atom. The van der Waals surface area contributed by atoms with Gasteiger partial charge in [-0.15, -0.1) is 0 Å². The van der Waals surface area contributed by atoms with Crippen LogP contribution in [0.1, 0.15) is 42.7 Å². The molecule has 0 aliphatic rings. The first-order chi connectivity index (χ1) is 7.72. The molecule has 0 aromatic carbocycles. The van der Waals surface area contributed by atoms with E-state index in [1.165, 1.54) is 0 Å². The van der Waals surface area contributed by atoms with E-state index >= 15 is 0 Å². The molecule has 1 aromatic rings. The molecule has 0 fully saturated rings. The number of rotatable bonds is 6. The van der Waals surface area contributed by atoms with Gasteiger partial charge in [0, 0.05) is 18.7 Å². The molecular formula is C13H20N2O. The Morgan fingerprint density at radius 3 is 2.31 bits per heavy atom. The summed E-state index contributed by atoms with van der Waals surface area (Å²) in [6, 6.07) is 3.78. The molecular weight excluding hydrogens is 200 g/mol. The largest absolute Gasteiger partial charge is 0.357 e. The number of aryl methyl sites for hydroxylation is 1. The average molecular weight is 220 g/mol. The van der Waals surface area contributed by atoms with Crippen molar-refractivity contribution < 1.29 is 4.79 Å². The van der Waals surface area contributed by atoms with Crippen LogP contribution < -0.4 is 4.90 Å². The van der Waals surface area contributed by atoms with Gasteiger partial charge in [0.25, 0.3) is 0 Å². The normalized spacial score (nSPS) is 10.2. The van der Waals surface area contributed by atoms with Crippen LogP contribution in [0.5, 0.6) is 0 Å². The van der Waals surface area contributed by atoms with Crippen LogP contribution in [-0.4, -0.2) is 24.4 Å². The highest BCUT2D eigenvalue weighted by atomic mass is 16.1. The SMILES string of the molecule is CCCN(CCC)c1ccc(C=O)c(C)n1. The fourth-order valence-corrected chi connectivity index (χ4v) is 1.74. The van der Waals surface area contributed by atoms with Crippen LogP contribution in [0.2, 0.25) is 0 Å². The summed E-state index contributed by atoms with van der Waals surface area (Å²) >= 11 is 0. The number of carbonyl (C=O) groups excluding carboxylic acids is 1. The zero-order valence-electron chi connectivity index (χ0n) is 10.4. The van der Waals surface area contributed by atoms with E-state index in [4.69, 9.17) is 0 Å². The van der Waals surface area contributed by atoms with Gasteiger partial charge in [0.15, 0.2) is 6.29 Å². The molecule has 1 aromatic heterocycles. The number of pyridine rings is 1. The third-order valence-electron chi connectivity index (χ3n) is 2.55. The average Bonchev–Trinajstić information content (AvgIpc) is 2.28. The van der Waals surface area contributed by atoms with Gasteiger partial charge in [-0.3, -0.25) is 4.79 Å². The number of hydrogen-bond acceptors (Lipinski definition) is 3. The van der Waals surface area contributed by atoms with Gasteiger partial charge in [-0.25, -0.2) is 4.98 Å². The van der Waals surface area contributed by atoms with Gasteiger partial charge in [0.1, 0.15) is 5.82 Å². The fourth-order valence-electron chi connectivity index (χ4n) is 1.74. The summed E-state index contributed by atoms with van der Waals surface area (Å²) in [6.45, 7) is 8.23. The zero-order chi connectivity index (χ0) is 12.0. The number of aromatic nitrogens is 1. The molecule has 0 N–H and O–H groups in total. The lowest BCUT2D eigenvalue weighted by Gasteiger charge is -2.23. The number of nitrogens with zero attached hydrogens (tertiary/aromatic N) is 2. The third-order valence-corrected chi connectivity index (χ3v) is 2.55. The Bertz CT molecular complexity index is 344. The Balaban J connectivity index is 2.91. The maximum absolute atomic E-state index is 10.7. The second-order valence-corrected chi connectivity index (χ2v) is 3.95. The molecule has 0 amide bonds. The van der Waals surface area contributed by atoms with E-state index in [1.807, 2.05) is 19.1 Å². The van der Waals surface area contributed by atoms with Crippen molar-refractivity contribution in [2.24, 2.45) is 0 Å². The topological polar surface area (TPSA) is 33.2 Å². The van der Waals surface area contributed by atoms with Crippen molar-refractivity contribution in [2.75, 3.05) is 18.0 Å². The number of aldehydes is 1. The van der Waals surface area contributed by atoms with E-state index in [0.29, 0.717) is 5.56 Å². The molecule has 88 valence electrons. The summed E-state index contributed by atoms with van der Waals surface area (Å²) in [6.07, 6.45) is 3.07. The smallest absolute Gasteiger partial charge is 0.151 e. The molecule has 16 heavy (non-hydrogen) atoms. The van der Waals surface area contributed by atoms with E-state index in [9.17, 15) is 4.79 Å². The summed E-state index contributed by atoms with van der Waals surface area (Å²) in [5.41, 5.74) is 1.49. The Labute approximate surface area is 97.5 Å². The predicted molar refractivity (Wildman–Crippen MR) is 67.2 cm³/mol. The van der Waals surface area contributed by atoms with Gasteiger partial charge >= 0.3 is 0 Å². The van der Waals surface area contributed by atoms with Crippen LogP contribution in [-0.2, 0) is 0 Å². The molecule has 3 heteroatoms. The maximum atomic E-state index is 10.7. The van der Waals surface area contributed by atoms with E-state index < -0.39 is 0 Å². The molecule has 0 radical (unpaired) electrons. The minimum atomic E-state index is 0.677. The van der Waals surface area contributed by atoms with Crippen LogP contribution in [0.4, 0.5) is 5.82 Å². The van der Waals surface area contributed by atoms with Gasteiger partial charge < -0.3 is 4.90 Å². The van der Waals surface area contributed by atoms with E-state index in [-0.39, 0.29) is 0 Å². The first-order valence-corrected chi connectivity index (χ1v) is 5.90. The van der Waals surface area contributed by atoms with Crippen molar-refractivity contribution >= 4 is 12.1 Å². The Morgan fingerprint density at radius 2 is 1.88 bits per heavy atom. The van der Waals surface area contributed by atoms with Crippen molar-refractivity contribution in [3.05, 3.63) is 23.4 Å². The van der Waals surface area contributed by atoms with E-state index in [1.54, 1.807) is 0 Å². The van der Waals surface area contributed by atoms with Gasteiger partial charge in [-0.05, 0) is 31.9 Å². The molecule has 1 rings (SSSR count). The number of anilines is 1. The molecule has 0 unspecified atom stereocenters. The van der Waals surface area contributed by atoms with Crippen LogP contribution in [0, 0.1) is 6.92 Å². The highest BCUT2D eigenvalue weighted by Crippen LogP contribution is 2.14. The maximum Gasteiger partial charge on any atom is 0.151 e. The fraction of sp³-hybridized carbons (Fsp3) is 0.538. The lowest BCUT2D eigenvalue weighted by Crippen LogP contribution is -2.26. The summed E-state index contributed by atoms with van der Waals surface area (Å²) in [4.78, 5) is 17.4. The molecule has 0 saturated carbocycles. The molecule has 1 heterocycles. The second kappa shape index (κ2) is 6.26. The quantitative estimate of drug-likeness (QED) is 0.691. The molecule has 0 saturated heterocycles. The molecule has 0 atom stereocenters. The van der Waals surface area contributed by atoms with Crippen molar-refractivity contribution in [2.45, 2.75) is 33.6 Å². The van der Waals surface area contributed by atoms with Crippen LogP contribution in [0.3, 0.4) is 0 Å². The Kier molecular flexibility index (Phi) is 4.96. The summed E-state index contributed by atoms with van der Waals surface area (Å²) in [5, 5.41) is 0. The third kappa shape index (κ3) is 3.05. The standard InChI is InChI=1S/C13H20N2O/c1-4-8-15(9-5-2)13-7-6-12(10-16)11(3)14-13/h6-7,10H,4-5,8-9H2,1-3H3. The van der Waals surface area contributed by atoms with Crippen LogP contribution in [0.15, 0.2) is 12.1 Å². The van der Waals surface area contributed by atoms with Crippen LogP contribution >= 0.6 is 0 Å². The predicted octanol–water partition coefficient (Wildman–Crippen LogP) is 2.83. The van der Waals surface area contributed by atoms with Gasteiger partial charge in [0.2, 0.25) is 0 Å². The van der Waals surface area contributed by atoms with E-state index in [0.717, 1.165) is 43.7 Å². The van der Waals surface area contributed by atoms with Crippen LogP contribution in [0.25, 0.3) is 0 Å². The van der Waals surface area contributed by atoms with Gasteiger partial charge in [-0.2, -0.15) is 0 Å². The lowest BCUT2D eigenvalue weighted by atomic mass is 10.2. The molecule has 0 aliphatic carbocycles. The molecule has 3 nitrogen and oxygen atoms in total. The second-order valence-electron chi connectivity index (χ2n) is 3.95. The van der Waals surface area contributed by atoms with Crippen molar-refractivity contribution in [1.29, 1.82) is 0 Å².